The molecular formula is C20H20N2O7S. The van der Waals surface area contributed by atoms with Gasteiger partial charge in [0.2, 0.25) is 10.0 Å². The van der Waals surface area contributed by atoms with Gasteiger partial charge in [-0.2, -0.15) is 4.31 Å². The van der Waals surface area contributed by atoms with E-state index in [0.717, 1.165) is 10.4 Å². The van der Waals surface area contributed by atoms with Crippen molar-refractivity contribution in [2.75, 3.05) is 19.7 Å². The molecule has 0 N–H and O–H groups in total. The third-order valence-corrected chi connectivity index (χ3v) is 6.85. The fourth-order valence-electron chi connectivity index (χ4n) is 3.26. The summed E-state index contributed by atoms with van der Waals surface area (Å²) in [5, 5.41) is 11.2. The summed E-state index contributed by atoms with van der Waals surface area (Å²) in [4.78, 5) is 34.4. The summed E-state index contributed by atoms with van der Waals surface area (Å²) in [6, 6.07) is 13.6. The summed E-state index contributed by atoms with van der Waals surface area (Å²) in [5.41, 5.74) is -0.0471. The predicted octanol–water partition coefficient (Wildman–Crippen LogP) is 2.42. The van der Waals surface area contributed by atoms with E-state index in [1.165, 1.54) is 18.2 Å². The number of sulfonamides is 1. The number of nitro benzene ring substituents is 1. The number of carbonyl (C=O) groups excluding carboxylic acids is 2. The number of ketones is 1. The van der Waals surface area contributed by atoms with Crippen molar-refractivity contribution in [1.29, 1.82) is 0 Å². The first-order chi connectivity index (χ1) is 14.3. The number of hydrogen-bond acceptors (Lipinski definition) is 7. The lowest BCUT2D eigenvalue weighted by Gasteiger charge is -2.29. The molecular weight excluding hydrogens is 412 g/mol. The molecule has 10 heteroatoms. The average molecular weight is 432 g/mol. The number of Topliss-reactive ketones (excluding diaryl/α,β-unsaturated/α-hetero) is 1. The zero-order valence-electron chi connectivity index (χ0n) is 16.0. The minimum absolute atomic E-state index is 0.0286. The van der Waals surface area contributed by atoms with Crippen LogP contribution in [0, 0.1) is 16.0 Å². The molecule has 158 valence electrons. The molecule has 1 aliphatic heterocycles. The molecule has 1 heterocycles. The Hall–Kier alpha value is -3.11. The lowest BCUT2D eigenvalue weighted by molar-refractivity contribution is -0.387. The van der Waals surface area contributed by atoms with Crippen LogP contribution in [0.15, 0.2) is 59.5 Å². The summed E-state index contributed by atoms with van der Waals surface area (Å²) in [5.74, 6) is -1.41. The van der Waals surface area contributed by atoms with Gasteiger partial charge in [0, 0.05) is 24.7 Å². The van der Waals surface area contributed by atoms with Crippen molar-refractivity contribution in [2.24, 2.45) is 5.92 Å². The summed E-state index contributed by atoms with van der Waals surface area (Å²) in [7, 11) is -4.06. The molecule has 0 spiro atoms. The van der Waals surface area contributed by atoms with Crippen LogP contribution in [0.2, 0.25) is 0 Å². The monoisotopic (exact) mass is 432 g/mol. The molecule has 2 aromatic rings. The SMILES string of the molecule is O=C(COC(=O)C1CCN(S(=O)(=O)c2ccccc2[N+](=O)[O-])CC1)c1ccccc1. The van der Waals surface area contributed by atoms with Crippen LogP contribution in [0.25, 0.3) is 0 Å². The van der Waals surface area contributed by atoms with Crippen LogP contribution in [0.5, 0.6) is 0 Å². The van der Waals surface area contributed by atoms with Crippen LogP contribution >= 0.6 is 0 Å². The maximum atomic E-state index is 12.8. The second-order valence-corrected chi connectivity index (χ2v) is 8.71. The Bertz CT molecular complexity index is 1050. The molecule has 9 nitrogen and oxygen atoms in total. The first kappa shape index (κ1) is 21.6. The topological polar surface area (TPSA) is 124 Å². The number of nitrogens with zero attached hydrogens (tertiary/aromatic N) is 2. The van der Waals surface area contributed by atoms with Gasteiger partial charge in [0.1, 0.15) is 0 Å². The van der Waals surface area contributed by atoms with Gasteiger partial charge in [-0.15, -0.1) is 0 Å². The first-order valence-electron chi connectivity index (χ1n) is 9.29. The highest BCUT2D eigenvalue weighted by atomic mass is 32.2. The number of piperidine rings is 1. The van der Waals surface area contributed by atoms with Crippen molar-refractivity contribution in [2.45, 2.75) is 17.7 Å². The maximum Gasteiger partial charge on any atom is 0.309 e. The molecule has 1 saturated heterocycles. The molecule has 0 aromatic heterocycles. The van der Waals surface area contributed by atoms with Gasteiger partial charge in [0.25, 0.3) is 5.69 Å². The molecule has 0 unspecified atom stereocenters. The highest BCUT2D eigenvalue weighted by Gasteiger charge is 2.36. The molecule has 0 atom stereocenters. The lowest BCUT2D eigenvalue weighted by atomic mass is 9.98. The Morgan fingerprint density at radius 1 is 1.03 bits per heavy atom. The van der Waals surface area contributed by atoms with Crippen LogP contribution in [0.1, 0.15) is 23.2 Å². The minimum atomic E-state index is -4.06. The minimum Gasteiger partial charge on any atom is -0.457 e. The number of esters is 1. The molecule has 30 heavy (non-hydrogen) atoms. The highest BCUT2D eigenvalue weighted by Crippen LogP contribution is 2.29. The zero-order valence-corrected chi connectivity index (χ0v) is 16.8. The Kier molecular flexibility index (Phi) is 6.58. The van der Waals surface area contributed by atoms with E-state index in [-0.39, 0.29) is 43.2 Å². The molecule has 0 radical (unpaired) electrons. The molecule has 2 aromatic carbocycles. The van der Waals surface area contributed by atoms with E-state index in [2.05, 4.69) is 0 Å². The third kappa shape index (κ3) is 4.71. The number of carbonyl (C=O) groups is 2. The van der Waals surface area contributed by atoms with Crippen LogP contribution in [-0.2, 0) is 19.6 Å². The van der Waals surface area contributed by atoms with E-state index in [0.29, 0.717) is 5.56 Å². The Morgan fingerprint density at radius 2 is 1.63 bits per heavy atom. The number of hydrogen-bond donors (Lipinski definition) is 0. The number of nitro groups is 1. The van der Waals surface area contributed by atoms with E-state index in [1.54, 1.807) is 30.3 Å². The van der Waals surface area contributed by atoms with Gasteiger partial charge in [-0.05, 0) is 18.9 Å². The molecule has 0 aliphatic carbocycles. The van der Waals surface area contributed by atoms with Gasteiger partial charge >= 0.3 is 5.97 Å². The van der Waals surface area contributed by atoms with E-state index in [4.69, 9.17) is 4.74 Å². The van der Waals surface area contributed by atoms with Crippen LogP contribution in [-0.4, -0.2) is 49.1 Å². The quantitative estimate of drug-likeness (QED) is 0.285. The highest BCUT2D eigenvalue weighted by molar-refractivity contribution is 7.89. The second-order valence-electron chi connectivity index (χ2n) is 6.80. The van der Waals surface area contributed by atoms with E-state index < -0.39 is 32.5 Å². The lowest BCUT2D eigenvalue weighted by Crippen LogP contribution is -2.41. The molecule has 0 bridgehead atoms. The molecule has 3 rings (SSSR count). The zero-order chi connectivity index (χ0) is 21.7. The number of para-hydroxylation sites is 1. The molecule has 0 saturated carbocycles. The molecule has 1 fully saturated rings. The van der Waals surface area contributed by atoms with E-state index in [9.17, 15) is 28.1 Å². The van der Waals surface area contributed by atoms with E-state index >= 15 is 0 Å². The van der Waals surface area contributed by atoms with Crippen molar-refractivity contribution in [1.82, 2.24) is 4.31 Å². The summed E-state index contributed by atoms with van der Waals surface area (Å²) >= 11 is 0. The Morgan fingerprint density at radius 3 is 2.27 bits per heavy atom. The van der Waals surface area contributed by atoms with Gasteiger partial charge in [0.15, 0.2) is 17.3 Å². The summed E-state index contributed by atoms with van der Waals surface area (Å²) in [6.45, 7) is -0.320. The van der Waals surface area contributed by atoms with Gasteiger partial charge in [-0.25, -0.2) is 8.42 Å². The predicted molar refractivity (Wildman–Crippen MR) is 106 cm³/mol. The van der Waals surface area contributed by atoms with Gasteiger partial charge in [-0.3, -0.25) is 19.7 Å². The normalized spacial score (nSPS) is 15.5. The van der Waals surface area contributed by atoms with Gasteiger partial charge in [0.05, 0.1) is 10.8 Å². The van der Waals surface area contributed by atoms with Gasteiger partial charge < -0.3 is 4.74 Å². The summed E-state index contributed by atoms with van der Waals surface area (Å²) < 4.78 is 31.9. The van der Waals surface area contributed by atoms with Crippen molar-refractivity contribution in [3.05, 3.63) is 70.3 Å². The maximum absolute atomic E-state index is 12.8. The molecule has 1 aliphatic rings. The largest absolute Gasteiger partial charge is 0.457 e. The van der Waals surface area contributed by atoms with Crippen molar-refractivity contribution >= 4 is 27.5 Å². The first-order valence-corrected chi connectivity index (χ1v) is 10.7. The smallest absolute Gasteiger partial charge is 0.309 e. The third-order valence-electron chi connectivity index (χ3n) is 4.91. The van der Waals surface area contributed by atoms with E-state index in [1.807, 2.05) is 0 Å². The van der Waals surface area contributed by atoms with Crippen LogP contribution in [0.3, 0.4) is 0 Å². The second kappa shape index (κ2) is 9.14. The number of ether oxygens (including phenoxy) is 1. The number of rotatable bonds is 7. The van der Waals surface area contributed by atoms with Crippen molar-refractivity contribution in [3.63, 3.8) is 0 Å². The van der Waals surface area contributed by atoms with Crippen LogP contribution in [0.4, 0.5) is 5.69 Å². The van der Waals surface area contributed by atoms with Gasteiger partial charge in [-0.1, -0.05) is 42.5 Å². The van der Waals surface area contributed by atoms with Crippen molar-refractivity contribution in [3.8, 4) is 0 Å². The fourth-order valence-corrected chi connectivity index (χ4v) is 4.89. The average Bonchev–Trinajstić information content (AvgIpc) is 2.77. The standard InChI is InChI=1S/C20H20N2O7S/c23-18(15-6-2-1-3-7-15)14-29-20(24)16-10-12-21(13-11-16)30(27,28)19-9-5-4-8-17(19)22(25)26/h1-9,16H,10-14H2. The molecule has 0 amide bonds. The fraction of sp³-hybridized carbons (Fsp3) is 0.300. The van der Waals surface area contributed by atoms with Crippen LogP contribution < -0.4 is 0 Å². The Balaban J connectivity index is 1.58. The van der Waals surface area contributed by atoms with Crippen molar-refractivity contribution < 1.29 is 27.7 Å². The number of benzene rings is 2. The Labute approximate surface area is 173 Å². The summed E-state index contributed by atoms with van der Waals surface area (Å²) in [6.07, 6.45) is 0.413.